The quantitative estimate of drug-likeness (QED) is 0.844. The van der Waals surface area contributed by atoms with E-state index in [1.165, 1.54) is 5.56 Å². The molecule has 0 fully saturated rings. The van der Waals surface area contributed by atoms with Crippen molar-refractivity contribution in [1.82, 2.24) is 0 Å². The Balaban J connectivity index is 2.16. The van der Waals surface area contributed by atoms with Crippen LogP contribution in [0.25, 0.3) is 0 Å². The van der Waals surface area contributed by atoms with Crippen LogP contribution in [-0.2, 0) is 6.42 Å². The summed E-state index contributed by atoms with van der Waals surface area (Å²) in [6.07, 6.45) is 0.836. The van der Waals surface area contributed by atoms with Crippen LogP contribution < -0.4 is 15.2 Å². The van der Waals surface area contributed by atoms with Crippen molar-refractivity contribution in [3.63, 3.8) is 0 Å². The Labute approximate surface area is 124 Å². The van der Waals surface area contributed by atoms with E-state index in [0.717, 1.165) is 23.5 Å². The average Bonchev–Trinajstić information content (AvgIpc) is 2.94. The van der Waals surface area contributed by atoms with E-state index in [4.69, 9.17) is 15.2 Å². The lowest BCUT2D eigenvalue weighted by molar-refractivity contribution is 0.287. The van der Waals surface area contributed by atoms with Crippen molar-refractivity contribution in [3.8, 4) is 11.5 Å². The first-order valence-electron chi connectivity index (χ1n) is 6.90. The van der Waals surface area contributed by atoms with Crippen LogP contribution in [-0.4, -0.2) is 13.2 Å². The highest BCUT2D eigenvalue weighted by molar-refractivity contribution is 7.07. The average molecular weight is 291 g/mol. The molecule has 0 spiro atoms. The summed E-state index contributed by atoms with van der Waals surface area (Å²) < 4.78 is 11.2. The van der Waals surface area contributed by atoms with Crippen molar-refractivity contribution in [2.75, 3.05) is 13.2 Å². The summed E-state index contributed by atoms with van der Waals surface area (Å²) >= 11 is 1.70. The molecule has 0 aliphatic rings. The number of thiophene rings is 1. The molecule has 2 aromatic rings. The Morgan fingerprint density at radius 3 is 2.50 bits per heavy atom. The summed E-state index contributed by atoms with van der Waals surface area (Å²) in [6, 6.07) is 8.04. The lowest BCUT2D eigenvalue weighted by Gasteiger charge is -2.16. The molecule has 4 heteroatoms. The second-order valence-electron chi connectivity index (χ2n) is 4.51. The van der Waals surface area contributed by atoms with E-state index in [2.05, 4.69) is 16.8 Å². The van der Waals surface area contributed by atoms with Crippen LogP contribution in [0, 0.1) is 0 Å². The first-order valence-corrected chi connectivity index (χ1v) is 7.85. The van der Waals surface area contributed by atoms with Gasteiger partial charge < -0.3 is 15.2 Å². The molecule has 0 aliphatic heterocycles. The summed E-state index contributed by atoms with van der Waals surface area (Å²) in [5.74, 6) is 1.55. The minimum Gasteiger partial charge on any atom is -0.490 e. The summed E-state index contributed by atoms with van der Waals surface area (Å²) in [7, 11) is 0. The maximum atomic E-state index is 6.28. The smallest absolute Gasteiger partial charge is 0.161 e. The molecule has 0 saturated heterocycles. The van der Waals surface area contributed by atoms with Crippen molar-refractivity contribution in [1.29, 1.82) is 0 Å². The molecule has 0 bridgehead atoms. The topological polar surface area (TPSA) is 44.5 Å². The molecule has 1 atom stereocenters. The monoisotopic (exact) mass is 291 g/mol. The predicted octanol–water partition coefficient (Wildman–Crippen LogP) is 3.79. The molecule has 1 unspecified atom stereocenters. The molecule has 3 nitrogen and oxygen atoms in total. The third-order valence-corrected chi connectivity index (χ3v) is 3.76. The maximum absolute atomic E-state index is 6.28. The molecule has 0 aliphatic carbocycles. The SMILES string of the molecule is CCOc1ccc(C(N)Cc2ccsc2)cc1OCC. The normalized spacial score (nSPS) is 12.2. The van der Waals surface area contributed by atoms with Gasteiger partial charge in [0.2, 0.25) is 0 Å². The minimum absolute atomic E-state index is 0.0283. The number of nitrogens with two attached hydrogens (primary N) is 1. The number of hydrogen-bond acceptors (Lipinski definition) is 4. The molecule has 2 N–H and O–H groups in total. The van der Waals surface area contributed by atoms with Gasteiger partial charge in [-0.05, 0) is 60.4 Å². The second-order valence-corrected chi connectivity index (χ2v) is 5.29. The van der Waals surface area contributed by atoms with E-state index in [1.807, 2.05) is 32.0 Å². The number of hydrogen-bond donors (Lipinski definition) is 1. The van der Waals surface area contributed by atoms with Crippen molar-refractivity contribution >= 4 is 11.3 Å². The molecule has 2 rings (SSSR count). The Kier molecular flexibility index (Phi) is 5.44. The fourth-order valence-electron chi connectivity index (χ4n) is 2.08. The van der Waals surface area contributed by atoms with Gasteiger partial charge in [-0.2, -0.15) is 11.3 Å². The summed E-state index contributed by atoms with van der Waals surface area (Å²) in [6.45, 7) is 5.17. The lowest BCUT2D eigenvalue weighted by atomic mass is 10.0. The predicted molar refractivity (Wildman–Crippen MR) is 83.7 cm³/mol. The summed E-state index contributed by atoms with van der Waals surface area (Å²) in [4.78, 5) is 0. The molecule has 1 aromatic carbocycles. The van der Waals surface area contributed by atoms with Crippen LogP contribution in [0.1, 0.15) is 31.0 Å². The molecule has 0 saturated carbocycles. The van der Waals surface area contributed by atoms with Crippen LogP contribution >= 0.6 is 11.3 Å². The van der Waals surface area contributed by atoms with Crippen LogP contribution in [0.4, 0.5) is 0 Å². The van der Waals surface area contributed by atoms with Gasteiger partial charge in [0.25, 0.3) is 0 Å². The van der Waals surface area contributed by atoms with Gasteiger partial charge in [0.15, 0.2) is 11.5 Å². The standard InChI is InChI=1S/C16H21NO2S/c1-3-18-15-6-5-13(10-16(15)19-4-2)14(17)9-12-7-8-20-11-12/h5-8,10-11,14H,3-4,9,17H2,1-2H3. The highest BCUT2D eigenvalue weighted by Gasteiger charge is 2.12. The van der Waals surface area contributed by atoms with E-state index >= 15 is 0 Å². The van der Waals surface area contributed by atoms with Gasteiger partial charge in [0.1, 0.15) is 0 Å². The van der Waals surface area contributed by atoms with Crippen LogP contribution in [0.15, 0.2) is 35.0 Å². The van der Waals surface area contributed by atoms with E-state index in [0.29, 0.717) is 13.2 Å². The van der Waals surface area contributed by atoms with Gasteiger partial charge in [-0.1, -0.05) is 6.07 Å². The van der Waals surface area contributed by atoms with Gasteiger partial charge in [-0.15, -0.1) is 0 Å². The molecule has 0 amide bonds. The van der Waals surface area contributed by atoms with Crippen molar-refractivity contribution in [3.05, 3.63) is 46.2 Å². The fraction of sp³-hybridized carbons (Fsp3) is 0.375. The Hall–Kier alpha value is -1.52. The van der Waals surface area contributed by atoms with E-state index in [1.54, 1.807) is 11.3 Å². The van der Waals surface area contributed by atoms with Gasteiger partial charge in [0.05, 0.1) is 13.2 Å². The van der Waals surface area contributed by atoms with Crippen molar-refractivity contribution in [2.45, 2.75) is 26.3 Å². The number of benzene rings is 1. The van der Waals surface area contributed by atoms with Crippen molar-refractivity contribution < 1.29 is 9.47 Å². The van der Waals surface area contributed by atoms with Gasteiger partial charge in [-0.25, -0.2) is 0 Å². The number of rotatable bonds is 7. The van der Waals surface area contributed by atoms with E-state index < -0.39 is 0 Å². The molecule has 1 aromatic heterocycles. The molecule has 1 heterocycles. The zero-order chi connectivity index (χ0) is 14.4. The number of ether oxygens (including phenoxy) is 2. The Morgan fingerprint density at radius 1 is 1.10 bits per heavy atom. The highest BCUT2D eigenvalue weighted by atomic mass is 32.1. The molecule has 108 valence electrons. The zero-order valence-electron chi connectivity index (χ0n) is 12.0. The Bertz CT molecular complexity index is 525. The van der Waals surface area contributed by atoms with Gasteiger partial charge in [0, 0.05) is 6.04 Å². The fourth-order valence-corrected chi connectivity index (χ4v) is 2.76. The third kappa shape index (κ3) is 3.74. The summed E-state index contributed by atoms with van der Waals surface area (Å²) in [5, 5.41) is 4.21. The van der Waals surface area contributed by atoms with Crippen molar-refractivity contribution in [2.24, 2.45) is 5.73 Å². The largest absolute Gasteiger partial charge is 0.490 e. The molecular weight excluding hydrogens is 270 g/mol. The molecule has 20 heavy (non-hydrogen) atoms. The van der Waals surface area contributed by atoms with Gasteiger partial charge >= 0.3 is 0 Å². The van der Waals surface area contributed by atoms with Crippen LogP contribution in [0.3, 0.4) is 0 Å². The van der Waals surface area contributed by atoms with Crippen LogP contribution in [0.5, 0.6) is 11.5 Å². The first kappa shape index (κ1) is 14.9. The van der Waals surface area contributed by atoms with Gasteiger partial charge in [-0.3, -0.25) is 0 Å². The van der Waals surface area contributed by atoms with E-state index in [9.17, 15) is 0 Å². The Morgan fingerprint density at radius 2 is 1.85 bits per heavy atom. The molecular formula is C16H21NO2S. The minimum atomic E-state index is -0.0283. The van der Waals surface area contributed by atoms with E-state index in [-0.39, 0.29) is 6.04 Å². The highest BCUT2D eigenvalue weighted by Crippen LogP contribution is 2.31. The molecule has 0 radical (unpaired) electrons. The first-order chi connectivity index (χ1) is 9.74. The second kappa shape index (κ2) is 7.31. The lowest BCUT2D eigenvalue weighted by Crippen LogP contribution is -2.13. The third-order valence-electron chi connectivity index (χ3n) is 3.03. The summed E-state index contributed by atoms with van der Waals surface area (Å²) in [5.41, 5.74) is 8.63. The maximum Gasteiger partial charge on any atom is 0.161 e. The zero-order valence-corrected chi connectivity index (χ0v) is 12.8. The van der Waals surface area contributed by atoms with Crippen LogP contribution in [0.2, 0.25) is 0 Å².